The molecule has 3 rings (SSSR count). The van der Waals surface area contributed by atoms with Crippen molar-refractivity contribution in [3.63, 3.8) is 0 Å². The van der Waals surface area contributed by atoms with Crippen molar-refractivity contribution in [3.05, 3.63) is 64.2 Å². The van der Waals surface area contributed by atoms with Crippen LogP contribution in [0.5, 0.6) is 0 Å². The van der Waals surface area contributed by atoms with E-state index in [-0.39, 0.29) is 3.63 Å². The Labute approximate surface area is 179 Å². The van der Waals surface area contributed by atoms with Crippen molar-refractivity contribution in [2.75, 3.05) is 0 Å². The van der Waals surface area contributed by atoms with Crippen molar-refractivity contribution < 1.29 is 19.4 Å². The molecular formula is C24H29Cl2Zr. The number of aryl methyl sites for hydroxylation is 1. The molecule has 0 nitrogen and oxygen atoms in total. The Balaban J connectivity index is 2.32. The molecule has 0 N–H and O–H groups in total. The van der Waals surface area contributed by atoms with Crippen molar-refractivity contribution >= 4 is 23.1 Å². The topological polar surface area (TPSA) is 0 Å². The minimum atomic E-state index is -2.48. The molecule has 0 saturated carbocycles. The number of allylic oxidation sites excluding steroid dienone is 1. The Hall–Kier alpha value is -0.357. The zero-order valence-corrected chi connectivity index (χ0v) is 20.9. The first kappa shape index (κ1) is 21.4. The molecule has 1 aliphatic rings. The number of rotatable bonds is 6. The molecule has 27 heavy (non-hydrogen) atoms. The van der Waals surface area contributed by atoms with E-state index < -0.39 is 19.4 Å². The van der Waals surface area contributed by atoms with Crippen LogP contribution < -0.4 is 0 Å². The summed E-state index contributed by atoms with van der Waals surface area (Å²) in [6.45, 7) is 11.3. The minimum absolute atomic E-state index is 0.284. The van der Waals surface area contributed by atoms with Gasteiger partial charge in [0.05, 0.1) is 0 Å². The summed E-state index contributed by atoms with van der Waals surface area (Å²) < 4.78 is 0.284. The zero-order valence-electron chi connectivity index (χ0n) is 16.9. The van der Waals surface area contributed by atoms with Gasteiger partial charge in [-0.1, -0.05) is 0 Å². The van der Waals surface area contributed by atoms with Gasteiger partial charge in [-0.05, 0) is 0 Å². The van der Waals surface area contributed by atoms with Crippen LogP contribution in [-0.2, 0) is 25.8 Å². The normalized spacial score (nSPS) is 16.0. The SMILES string of the molecule is CCCc1ccc2c(c1-c1ccccc1C(C)C)C=C(C(C)C)[CH]2[Zr]([Cl])[Cl]. The van der Waals surface area contributed by atoms with Gasteiger partial charge in [0.1, 0.15) is 0 Å². The van der Waals surface area contributed by atoms with Crippen LogP contribution in [0.4, 0.5) is 0 Å². The van der Waals surface area contributed by atoms with Crippen molar-refractivity contribution in [3.8, 4) is 11.1 Å². The van der Waals surface area contributed by atoms with E-state index in [1.807, 2.05) is 0 Å². The third-order valence-electron chi connectivity index (χ3n) is 5.58. The number of hydrogen-bond donors (Lipinski definition) is 0. The van der Waals surface area contributed by atoms with Crippen LogP contribution in [0.1, 0.15) is 72.8 Å². The van der Waals surface area contributed by atoms with E-state index in [9.17, 15) is 0 Å². The first-order chi connectivity index (χ1) is 12.9. The second kappa shape index (κ2) is 8.98. The molecule has 3 heteroatoms. The molecule has 2 aromatic carbocycles. The van der Waals surface area contributed by atoms with Gasteiger partial charge in [0.25, 0.3) is 0 Å². The summed E-state index contributed by atoms with van der Waals surface area (Å²) in [5.41, 5.74) is 9.83. The van der Waals surface area contributed by atoms with Gasteiger partial charge in [0.2, 0.25) is 0 Å². The monoisotopic (exact) mass is 477 g/mol. The molecule has 0 bridgehead atoms. The maximum atomic E-state index is 6.65. The predicted octanol–water partition coefficient (Wildman–Crippen LogP) is 8.45. The van der Waals surface area contributed by atoms with Crippen LogP contribution in [0.25, 0.3) is 17.2 Å². The zero-order chi connectivity index (χ0) is 19.7. The van der Waals surface area contributed by atoms with Gasteiger partial charge in [0.15, 0.2) is 0 Å². The molecule has 0 fully saturated rings. The van der Waals surface area contributed by atoms with Gasteiger partial charge in [-0.15, -0.1) is 0 Å². The molecule has 0 radical (unpaired) electrons. The Kier molecular flexibility index (Phi) is 7.10. The quantitative estimate of drug-likeness (QED) is 0.390. The van der Waals surface area contributed by atoms with Crippen LogP contribution in [0.3, 0.4) is 0 Å². The fourth-order valence-corrected chi connectivity index (χ4v) is 10.0. The second-order valence-corrected chi connectivity index (χ2v) is 16.9. The summed E-state index contributed by atoms with van der Waals surface area (Å²) in [5, 5.41) is 0. The average molecular weight is 480 g/mol. The number of benzene rings is 2. The second-order valence-electron chi connectivity index (χ2n) is 8.12. The number of fused-ring (bicyclic) bond motifs is 1. The van der Waals surface area contributed by atoms with Gasteiger partial charge in [-0.3, -0.25) is 0 Å². The fourth-order valence-electron chi connectivity index (χ4n) is 4.28. The summed E-state index contributed by atoms with van der Waals surface area (Å²) in [6, 6.07) is 13.5. The maximum absolute atomic E-state index is 6.65. The molecule has 0 saturated heterocycles. The van der Waals surface area contributed by atoms with E-state index in [4.69, 9.17) is 17.0 Å². The summed E-state index contributed by atoms with van der Waals surface area (Å²) >= 11 is -2.48. The molecule has 0 aromatic heterocycles. The van der Waals surface area contributed by atoms with E-state index in [0.29, 0.717) is 11.8 Å². The summed E-state index contributed by atoms with van der Waals surface area (Å²) in [7, 11) is 13.3. The molecule has 0 amide bonds. The van der Waals surface area contributed by atoms with Gasteiger partial charge >= 0.3 is 181 Å². The summed E-state index contributed by atoms with van der Waals surface area (Å²) in [6.07, 6.45) is 4.66. The summed E-state index contributed by atoms with van der Waals surface area (Å²) in [5.74, 6) is 0.961. The van der Waals surface area contributed by atoms with Crippen LogP contribution in [0.15, 0.2) is 42.0 Å². The molecule has 2 aromatic rings. The molecule has 0 spiro atoms. The number of halogens is 2. The van der Waals surface area contributed by atoms with E-state index in [2.05, 4.69) is 77.1 Å². The predicted molar refractivity (Wildman–Crippen MR) is 117 cm³/mol. The van der Waals surface area contributed by atoms with Crippen molar-refractivity contribution in [1.29, 1.82) is 0 Å². The van der Waals surface area contributed by atoms with Crippen LogP contribution in [0, 0.1) is 5.92 Å². The summed E-state index contributed by atoms with van der Waals surface area (Å²) in [4.78, 5) is 0. The third kappa shape index (κ3) is 4.17. The van der Waals surface area contributed by atoms with Gasteiger partial charge in [-0.2, -0.15) is 0 Å². The van der Waals surface area contributed by atoms with Crippen molar-refractivity contribution in [2.24, 2.45) is 5.92 Å². The third-order valence-corrected chi connectivity index (χ3v) is 10.8. The van der Waals surface area contributed by atoms with Crippen LogP contribution in [0.2, 0.25) is 0 Å². The van der Waals surface area contributed by atoms with E-state index in [0.717, 1.165) is 12.8 Å². The molecule has 1 atom stereocenters. The van der Waals surface area contributed by atoms with Gasteiger partial charge < -0.3 is 0 Å². The Morgan fingerprint density at radius 3 is 2.26 bits per heavy atom. The van der Waals surface area contributed by atoms with Crippen LogP contribution >= 0.6 is 17.0 Å². The first-order valence-corrected chi connectivity index (χ1v) is 17.8. The Bertz CT molecular complexity index is 849. The average Bonchev–Trinajstić information content (AvgIpc) is 3.02. The first-order valence-electron chi connectivity index (χ1n) is 10.0. The van der Waals surface area contributed by atoms with E-state index >= 15 is 0 Å². The number of hydrogen-bond acceptors (Lipinski definition) is 0. The Morgan fingerprint density at radius 1 is 0.963 bits per heavy atom. The Morgan fingerprint density at radius 2 is 1.67 bits per heavy atom. The molecule has 1 aliphatic carbocycles. The molecule has 1 unspecified atom stereocenters. The van der Waals surface area contributed by atoms with E-state index in [1.165, 1.54) is 39.0 Å². The standard InChI is InChI=1S/C24H29.2ClH.Zr/c1-6-9-18-12-13-19-14-20(16(2)3)15-23(19)24(18)22-11-8-7-10-21(22)17(4)5;;;/h7-8,10-17H,6,9H2,1-5H3;2*1H;/q;;;+2/p-2. The van der Waals surface area contributed by atoms with Gasteiger partial charge in [0, 0.05) is 0 Å². The molecule has 0 heterocycles. The van der Waals surface area contributed by atoms with Crippen molar-refractivity contribution in [2.45, 2.75) is 57.0 Å². The molecular weight excluding hydrogens is 450 g/mol. The van der Waals surface area contributed by atoms with Crippen LogP contribution in [-0.4, -0.2) is 0 Å². The van der Waals surface area contributed by atoms with E-state index in [1.54, 1.807) is 0 Å². The van der Waals surface area contributed by atoms with Gasteiger partial charge in [-0.25, -0.2) is 0 Å². The molecule has 143 valence electrons. The fraction of sp³-hybridized carbons (Fsp3) is 0.417. The van der Waals surface area contributed by atoms with Crippen molar-refractivity contribution in [1.82, 2.24) is 0 Å². The molecule has 0 aliphatic heterocycles.